The maximum absolute atomic E-state index is 12.8. The molecule has 0 aliphatic heterocycles. The summed E-state index contributed by atoms with van der Waals surface area (Å²) in [4.78, 5) is 27.4. The van der Waals surface area contributed by atoms with Crippen LogP contribution in [0.5, 0.6) is 0 Å². The van der Waals surface area contributed by atoms with Crippen LogP contribution < -0.4 is 4.90 Å². The van der Waals surface area contributed by atoms with Crippen molar-refractivity contribution < 1.29 is 9.59 Å². The second kappa shape index (κ2) is 11.2. The summed E-state index contributed by atoms with van der Waals surface area (Å²) in [7, 11) is 2.21. The Morgan fingerprint density at radius 3 is 2.51 bits per heavy atom. The number of hydrogen-bond donors (Lipinski definition) is 0. The van der Waals surface area contributed by atoms with Gasteiger partial charge in [-0.3, -0.25) is 9.59 Å². The molecule has 0 saturated heterocycles. The first kappa shape index (κ1) is 26.9. The summed E-state index contributed by atoms with van der Waals surface area (Å²) < 4.78 is 0. The van der Waals surface area contributed by atoms with E-state index in [-0.39, 0.29) is 11.3 Å². The van der Waals surface area contributed by atoms with E-state index in [4.69, 9.17) is 0 Å². The number of carbonyl (C=O) groups excluding carboxylic acids is 2. The molecule has 200 valence electrons. The minimum Gasteiger partial charge on any atom is -0.375 e. The van der Waals surface area contributed by atoms with Crippen LogP contribution in [-0.2, 0) is 9.59 Å². The average molecular weight is 567 g/mol. The van der Waals surface area contributed by atoms with Crippen LogP contribution in [0.2, 0.25) is 0 Å². The van der Waals surface area contributed by atoms with Crippen molar-refractivity contribution in [3.8, 4) is 0 Å². The van der Waals surface area contributed by atoms with E-state index >= 15 is 0 Å². The van der Waals surface area contributed by atoms with Gasteiger partial charge in [-0.2, -0.15) is 0 Å². The van der Waals surface area contributed by atoms with Crippen molar-refractivity contribution in [1.29, 1.82) is 0 Å². The van der Waals surface area contributed by atoms with Gasteiger partial charge in [0.1, 0.15) is 5.78 Å². The molecule has 2 fully saturated rings. The second-order valence-electron chi connectivity index (χ2n) is 12.4. The summed E-state index contributed by atoms with van der Waals surface area (Å²) in [6.07, 6.45) is 14.0. The Hall–Kier alpha value is -1.68. The number of fused-ring (bicyclic) bond motifs is 4. The molecule has 5 atom stereocenters. The fourth-order valence-corrected chi connectivity index (χ4v) is 8.91. The van der Waals surface area contributed by atoms with Crippen molar-refractivity contribution in [2.45, 2.75) is 90.4 Å². The first-order valence-electron chi connectivity index (χ1n) is 14.7. The third-order valence-electron chi connectivity index (χ3n) is 10.3. The van der Waals surface area contributed by atoms with Crippen LogP contribution in [0.1, 0.15) is 96.0 Å². The highest BCUT2D eigenvalue weighted by Crippen LogP contribution is 2.65. The van der Waals surface area contributed by atoms with Gasteiger partial charge < -0.3 is 4.90 Å². The molecule has 0 radical (unpaired) electrons. The number of Topliss-reactive ketones (excluding diaryl/α,β-unsaturated/α-hetero) is 1. The summed E-state index contributed by atoms with van der Waals surface area (Å²) in [5.41, 5.74) is 7.20. The molecular weight excluding hydrogens is 522 g/mol. The fraction of sp³-hybridized carbons (Fsp3) is 0.636. The lowest BCUT2D eigenvalue weighted by Gasteiger charge is -2.52. The molecule has 4 aliphatic rings. The van der Waals surface area contributed by atoms with Gasteiger partial charge in [-0.05, 0) is 110 Å². The highest BCUT2D eigenvalue weighted by atomic mass is 79.9. The molecule has 3 nitrogen and oxygen atoms in total. The molecule has 0 amide bonds. The van der Waals surface area contributed by atoms with Crippen molar-refractivity contribution in [3.63, 3.8) is 0 Å². The number of carbonyl (C=O) groups is 2. The quantitative estimate of drug-likeness (QED) is 0.223. The SMILES string of the molecule is CC(=O)[C@H]1CCC2[C@@H]3CCC4=CC(=O)CCC4=C3[C@@H](c3ccc(N(C)CCCCCCBr)cc3)C[C@@]21C. The molecule has 1 aromatic carbocycles. The average Bonchev–Trinajstić information content (AvgIpc) is 3.25. The number of hydrogen-bond acceptors (Lipinski definition) is 3. The summed E-state index contributed by atoms with van der Waals surface area (Å²) in [6, 6.07) is 9.34. The molecule has 2 saturated carbocycles. The number of halogens is 1. The van der Waals surface area contributed by atoms with Crippen LogP contribution in [0.3, 0.4) is 0 Å². The Balaban J connectivity index is 1.45. The number of anilines is 1. The van der Waals surface area contributed by atoms with E-state index in [1.807, 2.05) is 13.0 Å². The third-order valence-corrected chi connectivity index (χ3v) is 10.9. The minimum absolute atomic E-state index is 0.0710. The van der Waals surface area contributed by atoms with E-state index in [2.05, 4.69) is 59.1 Å². The first-order valence-corrected chi connectivity index (χ1v) is 15.8. The Morgan fingerprint density at radius 1 is 1.03 bits per heavy atom. The van der Waals surface area contributed by atoms with Gasteiger partial charge in [-0.1, -0.05) is 53.4 Å². The topological polar surface area (TPSA) is 37.4 Å². The highest BCUT2D eigenvalue weighted by Gasteiger charge is 2.57. The van der Waals surface area contributed by atoms with E-state index in [1.165, 1.54) is 54.5 Å². The Labute approximate surface area is 232 Å². The molecule has 0 spiro atoms. The molecular formula is C33H44BrNO2. The van der Waals surface area contributed by atoms with E-state index in [1.54, 1.807) is 5.57 Å². The number of benzene rings is 1. The third kappa shape index (κ3) is 5.16. The predicted molar refractivity (Wildman–Crippen MR) is 156 cm³/mol. The maximum Gasteiger partial charge on any atom is 0.156 e. The summed E-state index contributed by atoms with van der Waals surface area (Å²) in [6.45, 7) is 5.34. The van der Waals surface area contributed by atoms with Crippen LogP contribution in [0.4, 0.5) is 5.69 Å². The lowest BCUT2D eigenvalue weighted by molar-refractivity contribution is -0.125. The molecule has 0 aromatic heterocycles. The molecule has 0 heterocycles. The van der Waals surface area contributed by atoms with Gasteiger partial charge in [0, 0.05) is 42.9 Å². The van der Waals surface area contributed by atoms with Crippen LogP contribution in [-0.4, -0.2) is 30.5 Å². The van der Waals surface area contributed by atoms with Gasteiger partial charge in [-0.25, -0.2) is 0 Å². The number of nitrogens with zero attached hydrogens (tertiary/aromatic N) is 1. The van der Waals surface area contributed by atoms with Crippen molar-refractivity contribution in [2.75, 3.05) is 23.8 Å². The van der Waals surface area contributed by atoms with E-state index < -0.39 is 0 Å². The summed E-state index contributed by atoms with van der Waals surface area (Å²) in [5, 5.41) is 1.10. The van der Waals surface area contributed by atoms with Gasteiger partial charge in [0.15, 0.2) is 5.78 Å². The molecule has 0 N–H and O–H groups in total. The fourth-order valence-electron chi connectivity index (χ4n) is 8.51. The van der Waals surface area contributed by atoms with Crippen LogP contribution in [0.25, 0.3) is 0 Å². The van der Waals surface area contributed by atoms with Crippen LogP contribution in [0, 0.1) is 23.2 Å². The zero-order valence-electron chi connectivity index (χ0n) is 23.0. The molecule has 4 aliphatic carbocycles. The van der Waals surface area contributed by atoms with E-state index in [0.717, 1.165) is 44.0 Å². The van der Waals surface area contributed by atoms with Crippen molar-refractivity contribution in [2.24, 2.45) is 23.2 Å². The zero-order chi connectivity index (χ0) is 26.2. The lowest BCUT2D eigenvalue weighted by atomic mass is 9.51. The number of alkyl halides is 1. The minimum atomic E-state index is 0.0710. The van der Waals surface area contributed by atoms with Crippen molar-refractivity contribution >= 4 is 33.2 Å². The summed E-state index contributed by atoms with van der Waals surface area (Å²) in [5.74, 6) is 2.36. The zero-order valence-corrected chi connectivity index (χ0v) is 24.6. The maximum atomic E-state index is 12.8. The van der Waals surface area contributed by atoms with Gasteiger partial charge >= 0.3 is 0 Å². The van der Waals surface area contributed by atoms with Gasteiger partial charge in [0.25, 0.3) is 0 Å². The largest absolute Gasteiger partial charge is 0.375 e. The molecule has 0 bridgehead atoms. The van der Waals surface area contributed by atoms with Gasteiger partial charge in [0.05, 0.1) is 0 Å². The number of unbranched alkanes of at least 4 members (excludes halogenated alkanes) is 3. The normalized spacial score (nSPS) is 30.9. The summed E-state index contributed by atoms with van der Waals surface area (Å²) >= 11 is 3.53. The van der Waals surface area contributed by atoms with Crippen LogP contribution in [0.15, 0.2) is 47.1 Å². The van der Waals surface area contributed by atoms with Gasteiger partial charge in [-0.15, -0.1) is 0 Å². The van der Waals surface area contributed by atoms with E-state index in [0.29, 0.717) is 35.7 Å². The highest BCUT2D eigenvalue weighted by molar-refractivity contribution is 9.09. The second-order valence-corrected chi connectivity index (χ2v) is 13.2. The molecule has 1 aromatic rings. The first-order chi connectivity index (χ1) is 17.8. The number of ketones is 2. The lowest BCUT2D eigenvalue weighted by Crippen LogP contribution is -2.44. The Morgan fingerprint density at radius 2 is 1.78 bits per heavy atom. The molecule has 4 heteroatoms. The smallest absolute Gasteiger partial charge is 0.156 e. The molecule has 37 heavy (non-hydrogen) atoms. The Kier molecular flexibility index (Phi) is 8.15. The molecule has 5 rings (SSSR count). The predicted octanol–water partition coefficient (Wildman–Crippen LogP) is 8.18. The monoisotopic (exact) mass is 565 g/mol. The van der Waals surface area contributed by atoms with Gasteiger partial charge in [0.2, 0.25) is 0 Å². The van der Waals surface area contributed by atoms with Crippen molar-refractivity contribution in [1.82, 2.24) is 0 Å². The Bertz CT molecular complexity index is 1090. The number of allylic oxidation sites excluding steroid dienone is 4. The number of rotatable bonds is 9. The molecule has 1 unspecified atom stereocenters. The van der Waals surface area contributed by atoms with E-state index in [9.17, 15) is 9.59 Å². The van der Waals surface area contributed by atoms with Crippen molar-refractivity contribution in [3.05, 3.63) is 52.6 Å². The van der Waals surface area contributed by atoms with Crippen LogP contribution >= 0.6 is 15.9 Å². The standard InChI is InChI=1S/C33H44BrNO2/c1-22(36)30-16-17-31-28-14-10-24-20-26(37)13-15-27(24)32(28)29(21-33(30,31)2)23-8-11-25(12-9-23)35(3)19-7-5-4-6-18-34/h8-9,11-12,20,28-31H,4-7,10,13-19,21H2,1-3H3/t28-,29+,30+,31?,33+/m0/s1.